The molecule has 3 amide bonds. The number of fused-ring (bicyclic) bond motifs is 3. The quantitative estimate of drug-likeness (QED) is 0.0161. The van der Waals surface area contributed by atoms with Crippen LogP contribution in [0, 0.1) is 5.92 Å². The normalized spacial score (nSPS) is 17.8. The van der Waals surface area contributed by atoms with E-state index in [2.05, 4.69) is 92.4 Å². The maximum Gasteiger partial charge on any atom is 0.407 e. The molecule has 2 unspecified atom stereocenters. The molecular formula is C69H95N7O8Si. The van der Waals surface area contributed by atoms with E-state index in [0.717, 1.165) is 89.9 Å². The molecule has 0 spiro atoms. The maximum atomic E-state index is 14.0. The van der Waals surface area contributed by atoms with E-state index in [1.807, 2.05) is 64.7 Å². The highest BCUT2D eigenvalue weighted by atomic mass is 28.3. The van der Waals surface area contributed by atoms with Gasteiger partial charge < -0.3 is 45.7 Å². The lowest BCUT2D eigenvalue weighted by atomic mass is 9.83. The predicted molar refractivity (Wildman–Crippen MR) is 344 cm³/mol. The summed E-state index contributed by atoms with van der Waals surface area (Å²) in [5, 5.41) is 49.0. The maximum absolute atomic E-state index is 14.0. The van der Waals surface area contributed by atoms with E-state index in [1.54, 1.807) is 18.2 Å². The molecule has 458 valence electrons. The van der Waals surface area contributed by atoms with Gasteiger partial charge >= 0.3 is 6.09 Å². The lowest BCUT2D eigenvalue weighted by molar-refractivity contribution is -0.462. The van der Waals surface area contributed by atoms with Gasteiger partial charge in [0.25, 0.3) is 5.91 Å². The third-order valence-electron chi connectivity index (χ3n) is 17.2. The second-order valence-corrected chi connectivity index (χ2v) is 28.7. The number of hydrazone groups is 1. The molecule has 0 aromatic heterocycles. The van der Waals surface area contributed by atoms with Gasteiger partial charge in [0.05, 0.1) is 30.4 Å². The van der Waals surface area contributed by atoms with Crippen LogP contribution >= 0.6 is 0 Å². The smallest absolute Gasteiger partial charge is 0.407 e. The molecule has 1 fully saturated rings. The Balaban J connectivity index is 0.845. The van der Waals surface area contributed by atoms with Crippen molar-refractivity contribution < 1.29 is 43.8 Å². The number of alkyl carbamates (subject to hydrolysis) is 1. The van der Waals surface area contributed by atoms with Crippen molar-refractivity contribution in [1.29, 1.82) is 0 Å². The highest BCUT2D eigenvalue weighted by Gasteiger charge is 2.41. The molecule has 7 rings (SSSR count). The van der Waals surface area contributed by atoms with E-state index in [9.17, 15) is 34.5 Å². The van der Waals surface area contributed by atoms with Crippen LogP contribution in [0.2, 0.25) is 13.1 Å². The van der Waals surface area contributed by atoms with Gasteiger partial charge in [0, 0.05) is 74.7 Å². The molecule has 1 saturated carbocycles. The summed E-state index contributed by atoms with van der Waals surface area (Å²) in [6.45, 7) is 7.25. The monoisotopic (exact) mass is 1180 g/mol. The number of benzene rings is 3. The summed E-state index contributed by atoms with van der Waals surface area (Å²) in [6, 6.07) is 18.4. The minimum Gasteiger partial charge on any atom is -0.545 e. The Morgan fingerprint density at radius 3 is 2.27 bits per heavy atom. The summed E-state index contributed by atoms with van der Waals surface area (Å²) >= 11 is 0. The van der Waals surface area contributed by atoms with E-state index >= 15 is 0 Å². The van der Waals surface area contributed by atoms with Crippen LogP contribution < -0.4 is 36.6 Å². The average molecular weight is 1180 g/mol. The fourth-order valence-corrected chi connectivity index (χ4v) is 15.2. The highest BCUT2D eigenvalue weighted by molar-refractivity contribution is 6.98. The number of amides is 3. The molecule has 2 heterocycles. The van der Waals surface area contributed by atoms with Gasteiger partial charge in [-0.25, -0.2) is 9.37 Å². The molecule has 3 aromatic rings. The average Bonchev–Trinajstić information content (AvgIpc) is 2.30. The van der Waals surface area contributed by atoms with Crippen molar-refractivity contribution in [3.8, 4) is 0 Å². The molecule has 16 heteroatoms. The Hall–Kier alpha value is -6.88. The fourth-order valence-electron chi connectivity index (χ4n) is 12.1. The summed E-state index contributed by atoms with van der Waals surface area (Å²) in [5.41, 5.74) is 13.0. The minimum absolute atomic E-state index is 0.0214. The van der Waals surface area contributed by atoms with Gasteiger partial charge in [-0.05, 0) is 137 Å². The SMILES string of the molecule is CCCCCCCCCCCCCC=C[C@@H](O)[C@H](CO)NC(=O)CCCCCNC(=O)OC1CCCC2=C(c3ccc(CNC(=O)c4ccc(C(=O)[O-])c(C5=C6C=CC(=[N+](C)C)C=C6[Si](C)(C)c6cc(N(C)C)ccc65)c4)cc3)NN=CC2CC1. The Kier molecular flexibility index (Phi) is 25.2. The van der Waals surface area contributed by atoms with Gasteiger partial charge in [-0.15, -0.1) is 0 Å². The number of hydrogen-bond acceptors (Lipinski definition) is 11. The third-order valence-corrected chi connectivity index (χ3v) is 20.8. The number of carbonyl (C=O) groups is 4. The van der Waals surface area contributed by atoms with E-state index in [-0.39, 0.29) is 49.0 Å². The summed E-state index contributed by atoms with van der Waals surface area (Å²) in [6.07, 6.45) is 31.4. The van der Waals surface area contributed by atoms with Crippen LogP contribution in [0.1, 0.15) is 185 Å². The number of ether oxygens (including phenoxy) is 1. The molecule has 2 aliphatic carbocycles. The van der Waals surface area contributed by atoms with Crippen molar-refractivity contribution in [2.45, 2.75) is 180 Å². The van der Waals surface area contributed by atoms with Crippen molar-refractivity contribution >= 4 is 66.0 Å². The van der Waals surface area contributed by atoms with Crippen LogP contribution in [0.15, 0.2) is 112 Å². The van der Waals surface area contributed by atoms with Crippen LogP contribution in [0.3, 0.4) is 0 Å². The molecule has 3 aromatic carbocycles. The molecule has 0 bridgehead atoms. The van der Waals surface area contributed by atoms with Crippen LogP contribution in [0.5, 0.6) is 0 Å². The van der Waals surface area contributed by atoms with Crippen LogP contribution in [0.4, 0.5) is 10.5 Å². The zero-order valence-corrected chi connectivity index (χ0v) is 52.7. The molecule has 15 nitrogen and oxygen atoms in total. The van der Waals surface area contributed by atoms with Crippen LogP contribution in [-0.4, -0.2) is 118 Å². The Morgan fingerprint density at radius 2 is 1.58 bits per heavy atom. The third kappa shape index (κ3) is 18.3. The summed E-state index contributed by atoms with van der Waals surface area (Å²) in [7, 11) is 5.75. The largest absolute Gasteiger partial charge is 0.545 e. The number of allylic oxidation sites excluding steroid dienone is 7. The van der Waals surface area contributed by atoms with Gasteiger partial charge in [-0.3, -0.25) is 15.0 Å². The molecule has 4 aliphatic rings. The second-order valence-electron chi connectivity index (χ2n) is 24.4. The minimum atomic E-state index is -2.31. The molecule has 0 saturated heterocycles. The first-order valence-corrected chi connectivity index (χ1v) is 34.5. The first-order chi connectivity index (χ1) is 41.0. The number of nitrogens with one attached hydrogen (secondary N) is 4. The first-order valence-electron chi connectivity index (χ1n) is 31.5. The number of hydrogen-bond donors (Lipinski definition) is 6. The van der Waals surface area contributed by atoms with Crippen LogP contribution in [-0.2, 0) is 16.1 Å². The number of nitrogens with zero attached hydrogens (tertiary/aromatic N) is 3. The lowest BCUT2D eigenvalue weighted by Gasteiger charge is -2.38. The van der Waals surface area contributed by atoms with Crippen molar-refractivity contribution in [3.63, 3.8) is 0 Å². The van der Waals surface area contributed by atoms with Gasteiger partial charge in [0.2, 0.25) is 5.91 Å². The molecular weight excluding hydrogens is 1080 g/mol. The zero-order chi connectivity index (χ0) is 60.9. The number of carboxylic acid groups (broad SMARTS) is 1. The Morgan fingerprint density at radius 1 is 0.859 bits per heavy atom. The van der Waals surface area contributed by atoms with Crippen molar-refractivity contribution in [1.82, 2.24) is 21.4 Å². The number of unbranched alkanes of at least 4 members (excludes halogenated alkanes) is 13. The summed E-state index contributed by atoms with van der Waals surface area (Å²) in [4.78, 5) is 54.5. The van der Waals surface area contributed by atoms with Crippen molar-refractivity contribution in [2.75, 3.05) is 46.2 Å². The fraction of sp³-hybridized carbons (Fsp3) is 0.507. The molecule has 85 heavy (non-hydrogen) atoms. The van der Waals surface area contributed by atoms with E-state index in [0.29, 0.717) is 36.9 Å². The Bertz CT molecular complexity index is 3020. The molecule has 0 radical (unpaired) electrons. The van der Waals surface area contributed by atoms with Crippen molar-refractivity contribution in [3.05, 3.63) is 141 Å². The number of anilines is 1. The number of aromatic carboxylic acids is 1. The predicted octanol–water partition coefficient (Wildman–Crippen LogP) is 10.2. The summed E-state index contributed by atoms with van der Waals surface area (Å²) in [5.74, 6) is -1.77. The van der Waals surface area contributed by atoms with E-state index in [1.165, 1.54) is 86.2 Å². The van der Waals surface area contributed by atoms with Crippen LogP contribution in [0.25, 0.3) is 11.3 Å². The number of carbonyl (C=O) groups excluding carboxylic acids is 4. The topological polar surface area (TPSA) is 208 Å². The standard InChI is InChI=1S/C69H95N7O8Si/c1-8-9-10-11-12-13-14-15-16-17-18-19-21-27-61(78)60(47-77)73-64(79)28-22-20-23-41-70-69(83)84-54-25-24-26-55-51(33-37-54)46-72-74-66(55)49-31-29-48(30-32-49)45-71-67(80)50-34-38-56(68(81)82)59(42-50)65-57-39-35-52(75(2)3)43-62(57)85(6,7)63-44-53(76(4)5)36-40-58(63)65/h21,27,29-32,34-36,38-40,42-44,46,51,54,60-61,74,77-78H,8-20,22-26,28,33,37,41,45,47H2,1-7H3,(H3-,70,71,73,79,80,81,82,83)/t51?,54?,60-,61+/m0/s1. The molecule has 6 N–H and O–H groups in total. The number of carboxylic acids is 1. The number of rotatable bonds is 30. The van der Waals surface area contributed by atoms with Gasteiger partial charge in [-0.2, -0.15) is 5.10 Å². The van der Waals surface area contributed by atoms with Crippen molar-refractivity contribution in [2.24, 2.45) is 11.0 Å². The first kappa shape index (κ1) is 65.7. The summed E-state index contributed by atoms with van der Waals surface area (Å²) < 4.78 is 7.98. The Labute approximate surface area is 506 Å². The number of aliphatic hydroxyl groups is 2. The van der Waals surface area contributed by atoms with Gasteiger partial charge in [0.1, 0.15) is 28.3 Å². The van der Waals surface area contributed by atoms with E-state index in [4.69, 9.17) is 4.74 Å². The lowest BCUT2D eigenvalue weighted by Crippen LogP contribution is -2.50. The van der Waals surface area contributed by atoms with Gasteiger partial charge in [0.15, 0.2) is 5.71 Å². The highest BCUT2D eigenvalue weighted by Crippen LogP contribution is 2.43. The molecule has 4 atom stereocenters. The van der Waals surface area contributed by atoms with E-state index < -0.39 is 32.3 Å². The molecule has 2 aliphatic heterocycles. The van der Waals surface area contributed by atoms with Gasteiger partial charge in [-0.1, -0.05) is 139 Å². The zero-order valence-electron chi connectivity index (χ0n) is 51.7. The number of aliphatic hydroxyl groups excluding tert-OH is 2. The second kappa shape index (κ2) is 32.6.